The SMILES string of the molecule is CCCCC1(c2cccc(Oc3cc(C4(c5cncn5C)CCCN4)ccc3C#N)c2)CCCCN(C)C1=O. The summed E-state index contributed by atoms with van der Waals surface area (Å²) < 4.78 is 8.52. The van der Waals surface area contributed by atoms with Gasteiger partial charge in [-0.25, -0.2) is 4.98 Å². The summed E-state index contributed by atoms with van der Waals surface area (Å²) in [5.74, 6) is 1.37. The van der Waals surface area contributed by atoms with Crippen molar-refractivity contribution in [2.24, 2.45) is 7.05 Å². The zero-order valence-electron chi connectivity index (χ0n) is 23.4. The number of likely N-dealkylation sites (N-methyl/N-ethyl adjacent to an activating group) is 1. The van der Waals surface area contributed by atoms with E-state index in [0.29, 0.717) is 17.1 Å². The van der Waals surface area contributed by atoms with Gasteiger partial charge >= 0.3 is 0 Å². The van der Waals surface area contributed by atoms with Crippen molar-refractivity contribution in [1.29, 1.82) is 5.26 Å². The van der Waals surface area contributed by atoms with Crippen LogP contribution in [0.5, 0.6) is 11.5 Å². The summed E-state index contributed by atoms with van der Waals surface area (Å²) in [4.78, 5) is 20.0. The third-order valence-electron chi connectivity index (χ3n) is 8.68. The number of ether oxygens (including phenoxy) is 1. The zero-order chi connectivity index (χ0) is 27.5. The normalized spacial score (nSPS) is 23.4. The molecule has 2 saturated heterocycles. The van der Waals surface area contributed by atoms with Crippen LogP contribution >= 0.6 is 0 Å². The molecule has 3 aromatic rings. The minimum Gasteiger partial charge on any atom is -0.456 e. The minimum atomic E-state index is -0.544. The van der Waals surface area contributed by atoms with Gasteiger partial charge in [-0.2, -0.15) is 5.26 Å². The van der Waals surface area contributed by atoms with Crippen molar-refractivity contribution in [1.82, 2.24) is 19.8 Å². The number of nitriles is 1. The number of carbonyl (C=O) groups is 1. The van der Waals surface area contributed by atoms with E-state index >= 15 is 0 Å². The average Bonchev–Trinajstić information content (AvgIpc) is 3.59. The largest absolute Gasteiger partial charge is 0.456 e. The number of hydrogen-bond acceptors (Lipinski definition) is 5. The van der Waals surface area contributed by atoms with Gasteiger partial charge < -0.3 is 19.5 Å². The van der Waals surface area contributed by atoms with Crippen LogP contribution in [0.2, 0.25) is 0 Å². The number of unbranched alkanes of at least 4 members (excludes halogenated alkanes) is 1. The fourth-order valence-electron chi connectivity index (χ4n) is 6.55. The molecule has 1 amide bonds. The Morgan fingerprint density at radius 2 is 1.97 bits per heavy atom. The van der Waals surface area contributed by atoms with Crippen molar-refractivity contribution in [3.05, 3.63) is 77.4 Å². The van der Waals surface area contributed by atoms with E-state index in [2.05, 4.69) is 33.9 Å². The highest BCUT2D eigenvalue weighted by Crippen LogP contribution is 2.42. The second kappa shape index (κ2) is 11.2. The van der Waals surface area contributed by atoms with Crippen LogP contribution in [0.25, 0.3) is 0 Å². The lowest BCUT2D eigenvalue weighted by atomic mass is 9.72. The average molecular weight is 526 g/mol. The van der Waals surface area contributed by atoms with E-state index in [1.807, 2.05) is 67.9 Å². The maximum absolute atomic E-state index is 13.7. The van der Waals surface area contributed by atoms with Crippen LogP contribution in [0.3, 0.4) is 0 Å². The molecule has 2 atom stereocenters. The van der Waals surface area contributed by atoms with Crippen LogP contribution in [-0.2, 0) is 22.8 Å². The first-order chi connectivity index (χ1) is 18.9. The summed E-state index contributed by atoms with van der Waals surface area (Å²) in [5.41, 5.74) is 2.69. The number of amides is 1. The van der Waals surface area contributed by atoms with Crippen molar-refractivity contribution in [2.75, 3.05) is 20.1 Å². The molecular weight excluding hydrogens is 486 g/mol. The number of carbonyl (C=O) groups excluding carboxylic acids is 1. The van der Waals surface area contributed by atoms with Crippen LogP contribution in [-0.4, -0.2) is 40.5 Å². The van der Waals surface area contributed by atoms with Gasteiger partial charge in [0.25, 0.3) is 0 Å². The van der Waals surface area contributed by atoms with Crippen LogP contribution in [0, 0.1) is 11.3 Å². The molecule has 0 bridgehead atoms. The van der Waals surface area contributed by atoms with E-state index in [1.54, 1.807) is 0 Å². The molecule has 2 unspecified atom stereocenters. The number of imidazole rings is 1. The Morgan fingerprint density at radius 1 is 1.10 bits per heavy atom. The number of aryl methyl sites for hydroxylation is 1. The molecule has 1 aromatic heterocycles. The van der Waals surface area contributed by atoms with Crippen molar-refractivity contribution in [3.8, 4) is 17.6 Å². The number of aromatic nitrogens is 2. The number of benzene rings is 2. The van der Waals surface area contributed by atoms with Gasteiger partial charge in [0.2, 0.25) is 5.91 Å². The van der Waals surface area contributed by atoms with E-state index in [0.717, 1.165) is 81.3 Å². The van der Waals surface area contributed by atoms with Crippen LogP contribution in [0.15, 0.2) is 55.0 Å². The molecule has 7 nitrogen and oxygen atoms in total. The molecular formula is C32H39N5O2. The summed E-state index contributed by atoms with van der Waals surface area (Å²) >= 11 is 0. The summed E-state index contributed by atoms with van der Waals surface area (Å²) in [6, 6.07) is 16.1. The van der Waals surface area contributed by atoms with Crippen molar-refractivity contribution in [3.63, 3.8) is 0 Å². The van der Waals surface area contributed by atoms with E-state index in [4.69, 9.17) is 4.74 Å². The van der Waals surface area contributed by atoms with Crippen molar-refractivity contribution in [2.45, 2.75) is 69.2 Å². The Hall–Kier alpha value is -3.63. The molecule has 39 heavy (non-hydrogen) atoms. The number of hydrogen-bond donors (Lipinski definition) is 1. The van der Waals surface area contributed by atoms with Crippen LogP contribution in [0.1, 0.15) is 80.7 Å². The lowest BCUT2D eigenvalue weighted by molar-refractivity contribution is -0.136. The fourth-order valence-corrected chi connectivity index (χ4v) is 6.55. The monoisotopic (exact) mass is 525 g/mol. The maximum atomic E-state index is 13.7. The predicted octanol–water partition coefficient (Wildman–Crippen LogP) is 5.78. The second-order valence-corrected chi connectivity index (χ2v) is 11.1. The topological polar surface area (TPSA) is 83.2 Å². The lowest BCUT2D eigenvalue weighted by Gasteiger charge is -2.34. The Balaban J connectivity index is 1.53. The molecule has 2 aliphatic rings. The van der Waals surface area contributed by atoms with Gasteiger partial charge in [-0.05, 0) is 74.0 Å². The standard InChI is InChI=1S/C32H39N5O2/c1-4-5-14-31(15-6-7-18-36(2)30(31)38)25-10-8-11-27(19-25)39-28-20-26(13-12-24(28)21-33)32(16-9-17-35-32)29-22-34-23-37(29)3/h8,10-13,19-20,22-23,35H,4-7,9,14-18H2,1-3H3. The Labute approximate surface area is 231 Å². The summed E-state index contributed by atoms with van der Waals surface area (Å²) in [5, 5.41) is 13.6. The minimum absolute atomic E-state index is 0.204. The van der Waals surface area contributed by atoms with Gasteiger partial charge in [-0.3, -0.25) is 4.79 Å². The van der Waals surface area contributed by atoms with Gasteiger partial charge in [0.15, 0.2) is 0 Å². The molecule has 7 heteroatoms. The first kappa shape index (κ1) is 27.0. The van der Waals surface area contributed by atoms with Gasteiger partial charge in [-0.15, -0.1) is 0 Å². The van der Waals surface area contributed by atoms with Crippen molar-refractivity contribution >= 4 is 5.91 Å². The molecule has 5 rings (SSSR count). The molecule has 1 N–H and O–H groups in total. The first-order valence-electron chi connectivity index (χ1n) is 14.2. The Morgan fingerprint density at radius 3 is 2.69 bits per heavy atom. The third kappa shape index (κ3) is 4.94. The predicted molar refractivity (Wildman–Crippen MR) is 152 cm³/mol. The van der Waals surface area contributed by atoms with Gasteiger partial charge in [0.05, 0.1) is 34.7 Å². The van der Waals surface area contributed by atoms with E-state index in [9.17, 15) is 10.1 Å². The highest BCUT2D eigenvalue weighted by atomic mass is 16.5. The Bertz CT molecular complexity index is 1370. The highest BCUT2D eigenvalue weighted by molar-refractivity contribution is 5.88. The number of nitrogens with one attached hydrogen (secondary N) is 1. The van der Waals surface area contributed by atoms with Gasteiger partial charge in [0.1, 0.15) is 17.6 Å². The van der Waals surface area contributed by atoms with Crippen LogP contribution in [0.4, 0.5) is 0 Å². The van der Waals surface area contributed by atoms with Gasteiger partial charge in [-0.1, -0.05) is 44.4 Å². The molecule has 0 radical (unpaired) electrons. The summed E-state index contributed by atoms with van der Waals surface area (Å²) in [6.07, 6.45) is 11.5. The molecule has 2 fully saturated rings. The molecule has 2 aliphatic heterocycles. The molecule has 204 valence electrons. The molecule has 0 spiro atoms. The fraction of sp³-hybridized carbons (Fsp3) is 0.469. The number of likely N-dealkylation sites (tertiary alicyclic amines) is 1. The molecule has 2 aromatic carbocycles. The van der Waals surface area contributed by atoms with E-state index < -0.39 is 5.41 Å². The van der Waals surface area contributed by atoms with Crippen molar-refractivity contribution < 1.29 is 9.53 Å². The highest BCUT2D eigenvalue weighted by Gasteiger charge is 2.43. The lowest BCUT2D eigenvalue weighted by Crippen LogP contribution is -2.44. The smallest absolute Gasteiger partial charge is 0.232 e. The second-order valence-electron chi connectivity index (χ2n) is 11.1. The summed E-state index contributed by atoms with van der Waals surface area (Å²) in [7, 11) is 3.94. The number of rotatable bonds is 8. The Kier molecular flexibility index (Phi) is 7.76. The van der Waals surface area contributed by atoms with E-state index in [-0.39, 0.29) is 11.4 Å². The first-order valence-corrected chi connectivity index (χ1v) is 14.2. The number of nitrogens with zero attached hydrogens (tertiary/aromatic N) is 4. The quantitative estimate of drug-likeness (QED) is 0.403. The maximum Gasteiger partial charge on any atom is 0.232 e. The summed E-state index contributed by atoms with van der Waals surface area (Å²) in [6.45, 7) is 3.88. The van der Waals surface area contributed by atoms with Crippen LogP contribution < -0.4 is 10.1 Å². The van der Waals surface area contributed by atoms with Gasteiger partial charge in [0, 0.05) is 20.6 Å². The molecule has 0 aliphatic carbocycles. The van der Waals surface area contributed by atoms with E-state index in [1.165, 1.54) is 0 Å². The zero-order valence-corrected chi connectivity index (χ0v) is 23.4. The molecule has 0 saturated carbocycles. The third-order valence-corrected chi connectivity index (χ3v) is 8.68. The molecule has 3 heterocycles.